The van der Waals surface area contributed by atoms with Crippen molar-refractivity contribution in [2.45, 2.75) is 0 Å². The molecule has 1 fully saturated rings. The first kappa shape index (κ1) is 10.4. The number of hydrogen-bond acceptors (Lipinski definition) is 5. The summed E-state index contributed by atoms with van der Waals surface area (Å²) < 4.78 is 0. The quantitative estimate of drug-likeness (QED) is 0.740. The third kappa shape index (κ3) is 2.27. The Morgan fingerprint density at radius 3 is 3.00 bits per heavy atom. The lowest BCUT2D eigenvalue weighted by molar-refractivity contribution is 0.0967. The third-order valence-corrected chi connectivity index (χ3v) is 3.39. The van der Waals surface area contributed by atoms with E-state index in [9.17, 15) is 4.79 Å². The van der Waals surface area contributed by atoms with Crippen LogP contribution in [0.5, 0.6) is 0 Å². The molecule has 0 saturated carbocycles. The average molecular weight is 226 g/mol. The summed E-state index contributed by atoms with van der Waals surface area (Å²) >= 11 is 1.45. The largest absolute Gasteiger partial charge is 0.354 e. The predicted octanol–water partition coefficient (Wildman–Crippen LogP) is -0.0877. The first-order valence-electron chi connectivity index (χ1n) is 4.95. The van der Waals surface area contributed by atoms with E-state index in [0.717, 1.165) is 31.3 Å². The van der Waals surface area contributed by atoms with Crippen LogP contribution in [0, 0.1) is 0 Å². The molecule has 0 atom stereocenters. The predicted molar refractivity (Wildman–Crippen MR) is 60.6 cm³/mol. The number of rotatable bonds is 2. The van der Waals surface area contributed by atoms with Crippen LogP contribution in [0.4, 0.5) is 5.13 Å². The summed E-state index contributed by atoms with van der Waals surface area (Å²) in [6.07, 6.45) is 1.64. The summed E-state index contributed by atoms with van der Waals surface area (Å²) in [6.45, 7) is 3.88. The van der Waals surface area contributed by atoms with E-state index >= 15 is 0 Å². The second-order valence-corrected chi connectivity index (χ2v) is 4.33. The van der Waals surface area contributed by atoms with Crippen LogP contribution in [0.2, 0.25) is 0 Å². The number of hydrogen-bond donors (Lipinski definition) is 2. The van der Waals surface area contributed by atoms with Crippen molar-refractivity contribution in [2.75, 3.05) is 38.1 Å². The molecule has 1 saturated heterocycles. The Morgan fingerprint density at radius 2 is 2.33 bits per heavy atom. The van der Waals surface area contributed by atoms with Crippen molar-refractivity contribution in [3.63, 3.8) is 0 Å². The normalized spacial score (nSPS) is 16.5. The van der Waals surface area contributed by atoms with Gasteiger partial charge in [0, 0.05) is 33.2 Å². The Labute approximate surface area is 92.5 Å². The van der Waals surface area contributed by atoms with Crippen LogP contribution in [0.15, 0.2) is 6.20 Å². The van der Waals surface area contributed by atoms with Gasteiger partial charge >= 0.3 is 0 Å². The zero-order valence-corrected chi connectivity index (χ0v) is 9.43. The fraction of sp³-hybridized carbons (Fsp3) is 0.556. The minimum Gasteiger partial charge on any atom is -0.354 e. The second-order valence-electron chi connectivity index (χ2n) is 3.32. The van der Waals surface area contributed by atoms with Crippen molar-refractivity contribution in [1.82, 2.24) is 15.6 Å². The molecular formula is C9H14N4OS. The van der Waals surface area contributed by atoms with Gasteiger partial charge < -0.3 is 15.5 Å². The van der Waals surface area contributed by atoms with E-state index in [0.29, 0.717) is 4.88 Å². The summed E-state index contributed by atoms with van der Waals surface area (Å²) in [5.41, 5.74) is 0. The molecule has 6 heteroatoms. The molecule has 0 spiro atoms. The van der Waals surface area contributed by atoms with Crippen molar-refractivity contribution in [1.29, 1.82) is 0 Å². The first-order chi connectivity index (χ1) is 7.31. The van der Waals surface area contributed by atoms with E-state index in [4.69, 9.17) is 0 Å². The lowest BCUT2D eigenvalue weighted by Gasteiger charge is -2.26. The van der Waals surface area contributed by atoms with Crippen LogP contribution in [0.3, 0.4) is 0 Å². The number of amides is 1. The summed E-state index contributed by atoms with van der Waals surface area (Å²) in [4.78, 5) is 18.5. The number of piperazine rings is 1. The SMILES string of the molecule is CNC(=O)c1cnc(N2CCNCC2)s1. The molecule has 0 radical (unpaired) electrons. The van der Waals surface area contributed by atoms with E-state index in [2.05, 4.69) is 20.5 Å². The smallest absolute Gasteiger partial charge is 0.262 e. The Bertz CT molecular complexity index is 346. The lowest BCUT2D eigenvalue weighted by atomic mass is 10.4. The van der Waals surface area contributed by atoms with Gasteiger partial charge in [0.05, 0.1) is 6.20 Å². The van der Waals surface area contributed by atoms with Crippen LogP contribution in [0.1, 0.15) is 9.67 Å². The first-order valence-corrected chi connectivity index (χ1v) is 5.76. The van der Waals surface area contributed by atoms with Gasteiger partial charge in [-0.15, -0.1) is 0 Å². The summed E-state index contributed by atoms with van der Waals surface area (Å²) in [5, 5.41) is 6.82. The van der Waals surface area contributed by atoms with Gasteiger partial charge in [-0.05, 0) is 0 Å². The molecule has 5 nitrogen and oxygen atoms in total. The zero-order valence-electron chi connectivity index (χ0n) is 8.62. The van der Waals surface area contributed by atoms with Crippen molar-refractivity contribution in [2.24, 2.45) is 0 Å². The molecule has 1 aliphatic rings. The number of nitrogens with one attached hydrogen (secondary N) is 2. The highest BCUT2D eigenvalue weighted by Crippen LogP contribution is 2.22. The summed E-state index contributed by atoms with van der Waals surface area (Å²) in [5.74, 6) is -0.0612. The molecule has 0 aromatic carbocycles. The highest BCUT2D eigenvalue weighted by atomic mass is 32.1. The molecule has 2 rings (SSSR count). The van der Waals surface area contributed by atoms with Crippen LogP contribution < -0.4 is 15.5 Å². The minimum atomic E-state index is -0.0612. The number of aromatic nitrogens is 1. The van der Waals surface area contributed by atoms with Crippen molar-refractivity contribution in [3.8, 4) is 0 Å². The molecule has 0 unspecified atom stereocenters. The highest BCUT2D eigenvalue weighted by Gasteiger charge is 2.15. The molecule has 2 heterocycles. The van der Waals surface area contributed by atoms with E-state index in [1.165, 1.54) is 11.3 Å². The van der Waals surface area contributed by atoms with E-state index in [1.54, 1.807) is 13.2 Å². The zero-order chi connectivity index (χ0) is 10.7. The van der Waals surface area contributed by atoms with Crippen molar-refractivity contribution >= 4 is 22.4 Å². The molecule has 1 aromatic rings. The molecule has 2 N–H and O–H groups in total. The Balaban J connectivity index is 2.08. The van der Waals surface area contributed by atoms with Crippen LogP contribution in [-0.2, 0) is 0 Å². The van der Waals surface area contributed by atoms with Crippen LogP contribution in [-0.4, -0.2) is 44.1 Å². The summed E-state index contributed by atoms with van der Waals surface area (Å²) in [7, 11) is 1.63. The standard InChI is InChI=1S/C9H14N4OS/c1-10-8(14)7-6-12-9(15-7)13-4-2-11-3-5-13/h6,11H,2-5H2,1H3,(H,10,14). The van der Waals surface area contributed by atoms with Gasteiger partial charge in [0.25, 0.3) is 5.91 Å². The fourth-order valence-corrected chi connectivity index (χ4v) is 2.41. The van der Waals surface area contributed by atoms with Gasteiger partial charge in [-0.2, -0.15) is 0 Å². The molecule has 0 bridgehead atoms. The topological polar surface area (TPSA) is 57.3 Å². The van der Waals surface area contributed by atoms with Crippen LogP contribution >= 0.6 is 11.3 Å². The summed E-state index contributed by atoms with van der Waals surface area (Å²) in [6, 6.07) is 0. The molecule has 1 amide bonds. The third-order valence-electron chi connectivity index (χ3n) is 2.33. The Hall–Kier alpha value is -1.14. The number of carbonyl (C=O) groups is 1. The number of nitrogens with zero attached hydrogens (tertiary/aromatic N) is 2. The maximum atomic E-state index is 11.3. The molecule has 82 valence electrons. The van der Waals surface area contributed by atoms with Gasteiger partial charge in [-0.3, -0.25) is 4.79 Å². The van der Waals surface area contributed by atoms with E-state index < -0.39 is 0 Å². The maximum Gasteiger partial charge on any atom is 0.262 e. The minimum absolute atomic E-state index is 0.0612. The van der Waals surface area contributed by atoms with Gasteiger partial charge in [-0.1, -0.05) is 11.3 Å². The van der Waals surface area contributed by atoms with E-state index in [1.807, 2.05) is 0 Å². The van der Waals surface area contributed by atoms with Crippen molar-refractivity contribution in [3.05, 3.63) is 11.1 Å². The number of thiazole rings is 1. The van der Waals surface area contributed by atoms with E-state index in [-0.39, 0.29) is 5.91 Å². The Kier molecular flexibility index (Phi) is 3.17. The maximum absolute atomic E-state index is 11.3. The van der Waals surface area contributed by atoms with Gasteiger partial charge in [0.15, 0.2) is 5.13 Å². The van der Waals surface area contributed by atoms with Gasteiger partial charge in [0.1, 0.15) is 4.88 Å². The van der Waals surface area contributed by atoms with Gasteiger partial charge in [0.2, 0.25) is 0 Å². The van der Waals surface area contributed by atoms with Crippen molar-refractivity contribution < 1.29 is 4.79 Å². The lowest BCUT2D eigenvalue weighted by Crippen LogP contribution is -2.43. The number of carbonyl (C=O) groups excluding carboxylic acids is 1. The molecule has 1 aromatic heterocycles. The molecule has 15 heavy (non-hydrogen) atoms. The number of anilines is 1. The second kappa shape index (κ2) is 4.59. The average Bonchev–Trinajstić information content (AvgIpc) is 2.78. The fourth-order valence-electron chi connectivity index (χ4n) is 1.50. The molecular weight excluding hydrogens is 212 g/mol. The van der Waals surface area contributed by atoms with Crippen LogP contribution in [0.25, 0.3) is 0 Å². The highest BCUT2D eigenvalue weighted by molar-refractivity contribution is 7.17. The molecule has 1 aliphatic heterocycles. The molecule has 0 aliphatic carbocycles. The van der Waals surface area contributed by atoms with Gasteiger partial charge in [-0.25, -0.2) is 4.98 Å². The monoisotopic (exact) mass is 226 g/mol. The Morgan fingerprint density at radius 1 is 1.60 bits per heavy atom.